The van der Waals surface area contributed by atoms with Crippen molar-refractivity contribution in [2.75, 3.05) is 5.32 Å². The average Bonchev–Trinajstić information content (AvgIpc) is 2.47. The number of nitrogens with zero attached hydrogens (tertiary/aromatic N) is 1. The molecule has 2 amide bonds. The lowest BCUT2D eigenvalue weighted by Crippen LogP contribution is -2.40. The molecule has 1 saturated carbocycles. The molecule has 1 aromatic heterocycles. The molecular weight excluding hydrogens is 270 g/mol. The van der Waals surface area contributed by atoms with Crippen LogP contribution in [0.25, 0.3) is 0 Å². The fraction of sp³-hybridized carbons (Fsp3) is 0.533. The number of carbonyl (C=O) groups is 2. The van der Waals surface area contributed by atoms with Crippen molar-refractivity contribution in [2.24, 2.45) is 5.92 Å². The van der Waals surface area contributed by atoms with Gasteiger partial charge in [-0.1, -0.05) is 26.2 Å². The van der Waals surface area contributed by atoms with Gasteiger partial charge in [-0.2, -0.15) is 0 Å². The molecule has 2 rings (SSSR count). The van der Waals surface area contributed by atoms with E-state index in [-0.39, 0.29) is 17.6 Å². The average molecular weight is 291 g/mol. The number of aromatic nitrogens is 1. The highest BCUT2D eigenvalue weighted by Gasteiger charge is 2.22. The van der Waals surface area contributed by atoms with Crippen LogP contribution in [0, 0.1) is 5.92 Å². The normalized spacial score (nSPS) is 21.6. The minimum Gasteiger partial charge on any atom is -0.478 e. The maximum atomic E-state index is 12.0. The minimum atomic E-state index is -1.07. The van der Waals surface area contributed by atoms with Crippen LogP contribution in [-0.4, -0.2) is 28.1 Å². The Labute approximate surface area is 124 Å². The lowest BCUT2D eigenvalue weighted by molar-refractivity contribution is 0.0696. The number of hydrogen-bond acceptors (Lipinski definition) is 3. The number of carbonyl (C=O) groups excluding carboxylic acids is 1. The summed E-state index contributed by atoms with van der Waals surface area (Å²) in [4.78, 5) is 26.6. The van der Waals surface area contributed by atoms with E-state index in [1.807, 2.05) is 0 Å². The summed E-state index contributed by atoms with van der Waals surface area (Å²) >= 11 is 0. The SMILES string of the molecule is CCC1CCCC(NC(=O)Nc2cncc(C(=O)O)c2)C1. The van der Waals surface area contributed by atoms with Crippen LogP contribution < -0.4 is 10.6 Å². The van der Waals surface area contributed by atoms with Gasteiger partial charge in [0.25, 0.3) is 0 Å². The number of amides is 2. The van der Waals surface area contributed by atoms with Crippen molar-refractivity contribution >= 4 is 17.7 Å². The first kappa shape index (κ1) is 15.3. The molecule has 1 aromatic rings. The first-order valence-electron chi connectivity index (χ1n) is 7.34. The fourth-order valence-corrected chi connectivity index (χ4v) is 2.77. The third kappa shape index (κ3) is 4.44. The first-order valence-corrected chi connectivity index (χ1v) is 7.34. The summed E-state index contributed by atoms with van der Waals surface area (Å²) in [5.74, 6) is -0.384. The highest BCUT2D eigenvalue weighted by atomic mass is 16.4. The molecule has 0 aromatic carbocycles. The largest absolute Gasteiger partial charge is 0.478 e. The van der Waals surface area contributed by atoms with Gasteiger partial charge in [0, 0.05) is 12.2 Å². The van der Waals surface area contributed by atoms with Gasteiger partial charge in [0.15, 0.2) is 0 Å². The Morgan fingerprint density at radius 3 is 2.90 bits per heavy atom. The molecule has 21 heavy (non-hydrogen) atoms. The molecule has 3 N–H and O–H groups in total. The standard InChI is InChI=1S/C15H21N3O3/c1-2-10-4-3-5-12(6-10)17-15(21)18-13-7-11(14(19)20)8-16-9-13/h7-10,12H,2-6H2,1H3,(H,19,20)(H2,17,18,21). The summed E-state index contributed by atoms with van der Waals surface area (Å²) in [6.07, 6.45) is 8.21. The van der Waals surface area contributed by atoms with E-state index >= 15 is 0 Å². The Kier molecular flexibility index (Phi) is 5.14. The number of hydrogen-bond donors (Lipinski definition) is 3. The van der Waals surface area contributed by atoms with E-state index in [2.05, 4.69) is 22.5 Å². The van der Waals surface area contributed by atoms with Gasteiger partial charge in [0.2, 0.25) is 0 Å². The smallest absolute Gasteiger partial charge is 0.337 e. The van der Waals surface area contributed by atoms with E-state index in [1.54, 1.807) is 0 Å². The van der Waals surface area contributed by atoms with Gasteiger partial charge in [0.05, 0.1) is 17.4 Å². The Balaban J connectivity index is 1.89. The molecule has 0 saturated heterocycles. The van der Waals surface area contributed by atoms with Crippen LogP contribution in [0.1, 0.15) is 49.4 Å². The molecule has 6 nitrogen and oxygen atoms in total. The van der Waals surface area contributed by atoms with Gasteiger partial charge < -0.3 is 15.7 Å². The van der Waals surface area contributed by atoms with E-state index in [0.717, 1.165) is 25.7 Å². The highest BCUT2D eigenvalue weighted by molar-refractivity contribution is 5.92. The van der Waals surface area contributed by atoms with Crippen LogP contribution in [0.15, 0.2) is 18.5 Å². The molecule has 1 aliphatic rings. The van der Waals surface area contributed by atoms with Gasteiger partial charge in [-0.25, -0.2) is 9.59 Å². The summed E-state index contributed by atoms with van der Waals surface area (Å²) in [5, 5.41) is 14.5. The molecule has 1 fully saturated rings. The molecule has 0 radical (unpaired) electrons. The summed E-state index contributed by atoms with van der Waals surface area (Å²) in [7, 11) is 0. The number of anilines is 1. The highest BCUT2D eigenvalue weighted by Crippen LogP contribution is 2.26. The van der Waals surface area contributed by atoms with Crippen molar-refractivity contribution in [3.05, 3.63) is 24.0 Å². The lowest BCUT2D eigenvalue weighted by Gasteiger charge is -2.29. The van der Waals surface area contributed by atoms with Gasteiger partial charge in [0.1, 0.15) is 0 Å². The van der Waals surface area contributed by atoms with Gasteiger partial charge in [-0.3, -0.25) is 4.98 Å². The van der Waals surface area contributed by atoms with Crippen molar-refractivity contribution in [2.45, 2.75) is 45.1 Å². The number of aromatic carboxylic acids is 1. The third-order valence-electron chi connectivity index (χ3n) is 3.94. The van der Waals surface area contributed by atoms with E-state index in [1.165, 1.54) is 24.9 Å². The zero-order valence-corrected chi connectivity index (χ0v) is 12.1. The second-order valence-corrected chi connectivity index (χ2v) is 5.50. The Bertz CT molecular complexity index is 519. The van der Waals surface area contributed by atoms with Crippen molar-refractivity contribution < 1.29 is 14.7 Å². The quantitative estimate of drug-likeness (QED) is 0.795. The van der Waals surface area contributed by atoms with Gasteiger partial charge in [-0.05, 0) is 24.8 Å². The predicted octanol–water partition coefficient (Wildman–Crippen LogP) is 2.87. The maximum absolute atomic E-state index is 12.0. The lowest BCUT2D eigenvalue weighted by atomic mass is 9.84. The van der Waals surface area contributed by atoms with Crippen molar-refractivity contribution in [3.8, 4) is 0 Å². The van der Waals surface area contributed by atoms with E-state index in [0.29, 0.717) is 11.6 Å². The number of pyridine rings is 1. The van der Waals surface area contributed by atoms with Crippen LogP contribution >= 0.6 is 0 Å². The summed E-state index contributed by atoms with van der Waals surface area (Å²) in [5.41, 5.74) is 0.437. The van der Waals surface area contributed by atoms with E-state index in [9.17, 15) is 9.59 Å². The first-order chi connectivity index (χ1) is 10.1. The minimum absolute atomic E-state index is 0.0523. The monoisotopic (exact) mass is 291 g/mol. The number of carboxylic acids is 1. The van der Waals surface area contributed by atoms with Crippen LogP contribution in [0.2, 0.25) is 0 Å². The maximum Gasteiger partial charge on any atom is 0.337 e. The summed E-state index contributed by atoms with van der Waals surface area (Å²) < 4.78 is 0. The molecule has 1 aliphatic carbocycles. The summed E-state index contributed by atoms with van der Waals surface area (Å²) in [6.45, 7) is 2.18. The molecule has 2 atom stereocenters. The molecule has 0 aliphatic heterocycles. The topological polar surface area (TPSA) is 91.3 Å². The third-order valence-corrected chi connectivity index (χ3v) is 3.94. The fourth-order valence-electron chi connectivity index (χ4n) is 2.77. The van der Waals surface area contributed by atoms with Crippen LogP contribution in [0.3, 0.4) is 0 Å². The van der Waals surface area contributed by atoms with Crippen molar-refractivity contribution in [1.82, 2.24) is 10.3 Å². The zero-order valence-electron chi connectivity index (χ0n) is 12.1. The van der Waals surface area contributed by atoms with Crippen molar-refractivity contribution in [3.63, 3.8) is 0 Å². The number of carboxylic acid groups (broad SMARTS) is 1. The molecule has 6 heteroatoms. The number of rotatable bonds is 4. The summed E-state index contributed by atoms with van der Waals surface area (Å²) in [6, 6.07) is 1.28. The number of urea groups is 1. The molecule has 114 valence electrons. The second kappa shape index (κ2) is 7.06. The van der Waals surface area contributed by atoms with E-state index < -0.39 is 5.97 Å². The van der Waals surface area contributed by atoms with Gasteiger partial charge in [-0.15, -0.1) is 0 Å². The molecular formula is C15H21N3O3. The van der Waals surface area contributed by atoms with Gasteiger partial charge >= 0.3 is 12.0 Å². The molecule has 0 bridgehead atoms. The molecule has 0 spiro atoms. The Morgan fingerprint density at radius 2 is 2.19 bits per heavy atom. The van der Waals surface area contributed by atoms with Crippen LogP contribution in [0.4, 0.5) is 10.5 Å². The van der Waals surface area contributed by atoms with Crippen LogP contribution in [0.5, 0.6) is 0 Å². The second-order valence-electron chi connectivity index (χ2n) is 5.50. The predicted molar refractivity (Wildman–Crippen MR) is 79.4 cm³/mol. The van der Waals surface area contributed by atoms with Crippen molar-refractivity contribution in [1.29, 1.82) is 0 Å². The Hall–Kier alpha value is -2.11. The van der Waals surface area contributed by atoms with E-state index in [4.69, 9.17) is 5.11 Å². The Morgan fingerprint density at radius 1 is 1.38 bits per heavy atom. The molecule has 2 unspecified atom stereocenters. The van der Waals surface area contributed by atoms with Crippen LogP contribution in [-0.2, 0) is 0 Å². The molecule has 1 heterocycles. The number of nitrogens with one attached hydrogen (secondary N) is 2. The zero-order chi connectivity index (χ0) is 15.2.